The van der Waals surface area contributed by atoms with Gasteiger partial charge >= 0.3 is 0 Å². The maximum Gasteiger partial charge on any atom is 0.156 e. The first-order chi connectivity index (χ1) is 8.80. The van der Waals surface area contributed by atoms with Crippen molar-refractivity contribution in [3.05, 3.63) is 35.9 Å². The molecule has 1 aliphatic rings. The summed E-state index contributed by atoms with van der Waals surface area (Å²) in [6.07, 6.45) is 3.29. The standard InChI is InChI=1S/C15H20N2O/c1-2-10-18-12-15(11-16,17-14-8-9-14)13-6-4-3-5-7-13/h3-7,14,17H,2,8-10,12H2,1H3. The molecule has 18 heavy (non-hydrogen) atoms. The molecule has 3 heteroatoms. The third-order valence-corrected chi connectivity index (χ3v) is 3.15. The summed E-state index contributed by atoms with van der Waals surface area (Å²) in [7, 11) is 0. The van der Waals surface area contributed by atoms with E-state index >= 15 is 0 Å². The summed E-state index contributed by atoms with van der Waals surface area (Å²) in [4.78, 5) is 0. The lowest BCUT2D eigenvalue weighted by atomic mass is 9.92. The normalized spacial score (nSPS) is 18.0. The number of rotatable bonds is 7. The lowest BCUT2D eigenvalue weighted by Crippen LogP contribution is -2.46. The van der Waals surface area contributed by atoms with Crippen LogP contribution in [0.1, 0.15) is 31.7 Å². The van der Waals surface area contributed by atoms with E-state index in [0.29, 0.717) is 19.3 Å². The van der Waals surface area contributed by atoms with Crippen molar-refractivity contribution in [2.24, 2.45) is 0 Å². The van der Waals surface area contributed by atoms with Crippen LogP contribution < -0.4 is 5.32 Å². The first-order valence-corrected chi connectivity index (χ1v) is 6.63. The van der Waals surface area contributed by atoms with Crippen LogP contribution in [0.4, 0.5) is 0 Å². The fourth-order valence-electron chi connectivity index (χ4n) is 2.01. The molecular formula is C15H20N2O. The zero-order chi connectivity index (χ0) is 12.8. The maximum atomic E-state index is 9.61. The molecule has 0 aromatic heterocycles. The molecule has 1 fully saturated rings. The van der Waals surface area contributed by atoms with Crippen molar-refractivity contribution in [2.75, 3.05) is 13.2 Å². The molecule has 3 nitrogen and oxygen atoms in total. The number of benzene rings is 1. The Morgan fingerprint density at radius 2 is 2.11 bits per heavy atom. The minimum absolute atomic E-state index is 0.415. The number of nitrogens with one attached hydrogen (secondary N) is 1. The minimum atomic E-state index is -0.697. The molecular weight excluding hydrogens is 224 g/mol. The molecule has 1 atom stereocenters. The highest BCUT2D eigenvalue weighted by atomic mass is 16.5. The van der Waals surface area contributed by atoms with Crippen LogP contribution in [-0.2, 0) is 10.3 Å². The van der Waals surface area contributed by atoms with Gasteiger partial charge in [-0.3, -0.25) is 5.32 Å². The van der Waals surface area contributed by atoms with E-state index in [-0.39, 0.29) is 0 Å². The predicted octanol–water partition coefficient (Wildman–Crippen LogP) is 2.58. The van der Waals surface area contributed by atoms with Gasteiger partial charge in [0.25, 0.3) is 0 Å². The Morgan fingerprint density at radius 3 is 2.67 bits per heavy atom. The highest BCUT2D eigenvalue weighted by Gasteiger charge is 2.38. The van der Waals surface area contributed by atoms with Gasteiger partial charge in [-0.2, -0.15) is 5.26 Å². The van der Waals surface area contributed by atoms with Crippen molar-refractivity contribution < 1.29 is 4.74 Å². The van der Waals surface area contributed by atoms with Crippen molar-refractivity contribution in [3.63, 3.8) is 0 Å². The summed E-state index contributed by atoms with van der Waals surface area (Å²) in [5.74, 6) is 0. The van der Waals surface area contributed by atoms with Gasteiger partial charge < -0.3 is 4.74 Å². The Hall–Kier alpha value is -1.37. The Kier molecular flexibility index (Phi) is 4.35. The zero-order valence-electron chi connectivity index (χ0n) is 10.9. The molecule has 1 saturated carbocycles. The molecule has 0 aliphatic heterocycles. The number of hydrogen-bond donors (Lipinski definition) is 1. The number of hydrogen-bond acceptors (Lipinski definition) is 3. The van der Waals surface area contributed by atoms with Crippen molar-refractivity contribution >= 4 is 0 Å². The molecule has 0 radical (unpaired) electrons. The first-order valence-electron chi connectivity index (χ1n) is 6.63. The highest BCUT2D eigenvalue weighted by molar-refractivity contribution is 5.32. The van der Waals surface area contributed by atoms with E-state index in [1.54, 1.807) is 0 Å². The molecule has 0 amide bonds. The Morgan fingerprint density at radius 1 is 1.39 bits per heavy atom. The summed E-state index contributed by atoms with van der Waals surface area (Å²) in [6.45, 7) is 3.19. The van der Waals surface area contributed by atoms with E-state index < -0.39 is 5.54 Å². The molecule has 96 valence electrons. The summed E-state index contributed by atoms with van der Waals surface area (Å²) < 4.78 is 5.64. The maximum absolute atomic E-state index is 9.61. The van der Waals surface area contributed by atoms with E-state index in [9.17, 15) is 5.26 Å². The molecule has 1 aliphatic carbocycles. The largest absolute Gasteiger partial charge is 0.378 e. The molecule has 0 saturated heterocycles. The average Bonchev–Trinajstić information content (AvgIpc) is 3.23. The quantitative estimate of drug-likeness (QED) is 0.750. The van der Waals surface area contributed by atoms with Crippen LogP contribution in [0, 0.1) is 11.3 Å². The van der Waals surface area contributed by atoms with E-state index in [1.807, 2.05) is 30.3 Å². The van der Waals surface area contributed by atoms with Gasteiger partial charge in [0.05, 0.1) is 12.7 Å². The SMILES string of the molecule is CCCOCC(C#N)(NC1CC1)c1ccccc1. The third-order valence-electron chi connectivity index (χ3n) is 3.15. The fraction of sp³-hybridized carbons (Fsp3) is 0.533. The van der Waals surface area contributed by atoms with Gasteiger partial charge in [-0.1, -0.05) is 37.3 Å². The summed E-state index contributed by atoms with van der Waals surface area (Å²) in [6, 6.07) is 12.8. The monoisotopic (exact) mass is 244 g/mol. The van der Waals surface area contributed by atoms with E-state index in [0.717, 1.165) is 24.8 Å². The molecule has 1 unspecified atom stereocenters. The van der Waals surface area contributed by atoms with Gasteiger partial charge in [-0.05, 0) is 24.8 Å². The van der Waals surface area contributed by atoms with Crippen LogP contribution in [0.15, 0.2) is 30.3 Å². The van der Waals surface area contributed by atoms with Crippen LogP contribution in [0.25, 0.3) is 0 Å². The number of nitrogens with zero attached hydrogens (tertiary/aromatic N) is 1. The minimum Gasteiger partial charge on any atom is -0.378 e. The molecule has 1 N–H and O–H groups in total. The molecule has 1 aromatic rings. The van der Waals surface area contributed by atoms with Crippen LogP contribution in [-0.4, -0.2) is 19.3 Å². The smallest absolute Gasteiger partial charge is 0.156 e. The van der Waals surface area contributed by atoms with Crippen LogP contribution >= 0.6 is 0 Å². The van der Waals surface area contributed by atoms with Gasteiger partial charge in [0.1, 0.15) is 0 Å². The Bertz CT molecular complexity index is 408. The second-order valence-corrected chi connectivity index (χ2v) is 4.85. The zero-order valence-corrected chi connectivity index (χ0v) is 10.9. The van der Waals surface area contributed by atoms with E-state index in [4.69, 9.17) is 4.74 Å². The lowest BCUT2D eigenvalue weighted by Gasteiger charge is -2.28. The third kappa shape index (κ3) is 3.10. The second kappa shape index (κ2) is 5.99. The first kappa shape index (κ1) is 13.1. The van der Waals surface area contributed by atoms with Gasteiger partial charge in [-0.15, -0.1) is 0 Å². The Labute approximate surface area is 109 Å². The molecule has 2 rings (SSSR count). The predicted molar refractivity (Wildman–Crippen MR) is 71.0 cm³/mol. The van der Waals surface area contributed by atoms with Crippen LogP contribution in [0.2, 0.25) is 0 Å². The van der Waals surface area contributed by atoms with E-state index in [1.165, 1.54) is 0 Å². The van der Waals surface area contributed by atoms with Gasteiger partial charge in [-0.25, -0.2) is 0 Å². The summed E-state index contributed by atoms with van der Waals surface area (Å²) >= 11 is 0. The highest BCUT2D eigenvalue weighted by Crippen LogP contribution is 2.28. The van der Waals surface area contributed by atoms with Crippen molar-refractivity contribution in [2.45, 2.75) is 37.8 Å². The second-order valence-electron chi connectivity index (χ2n) is 4.85. The van der Waals surface area contributed by atoms with Crippen molar-refractivity contribution in [1.29, 1.82) is 5.26 Å². The Balaban J connectivity index is 2.16. The fourth-order valence-corrected chi connectivity index (χ4v) is 2.01. The molecule has 0 spiro atoms. The number of nitriles is 1. The molecule has 0 bridgehead atoms. The molecule has 0 heterocycles. The van der Waals surface area contributed by atoms with Gasteiger partial charge in [0.2, 0.25) is 0 Å². The van der Waals surface area contributed by atoms with Crippen LogP contribution in [0.3, 0.4) is 0 Å². The van der Waals surface area contributed by atoms with Gasteiger partial charge in [0, 0.05) is 12.6 Å². The van der Waals surface area contributed by atoms with E-state index in [2.05, 4.69) is 18.3 Å². The van der Waals surface area contributed by atoms with Crippen molar-refractivity contribution in [3.8, 4) is 6.07 Å². The van der Waals surface area contributed by atoms with Gasteiger partial charge in [0.15, 0.2) is 5.54 Å². The topological polar surface area (TPSA) is 45.0 Å². The summed E-state index contributed by atoms with van der Waals surface area (Å²) in [5, 5.41) is 13.1. The summed E-state index contributed by atoms with van der Waals surface area (Å²) in [5.41, 5.74) is 0.299. The lowest BCUT2D eigenvalue weighted by molar-refractivity contribution is 0.0881. The van der Waals surface area contributed by atoms with Crippen molar-refractivity contribution in [1.82, 2.24) is 5.32 Å². The average molecular weight is 244 g/mol. The van der Waals surface area contributed by atoms with Crippen LogP contribution in [0.5, 0.6) is 0 Å². The molecule has 1 aromatic carbocycles. The number of ether oxygens (including phenoxy) is 1.